The summed E-state index contributed by atoms with van der Waals surface area (Å²) in [5, 5.41) is 7.07. The monoisotopic (exact) mass is 295 g/mol. The first kappa shape index (κ1) is 16.0. The Hall–Kier alpha value is -1.40. The summed E-state index contributed by atoms with van der Waals surface area (Å²) in [6.07, 6.45) is 6.64. The maximum atomic E-state index is 11.9. The lowest BCUT2D eigenvalue weighted by Gasteiger charge is -2.22. The zero-order valence-electron chi connectivity index (χ0n) is 13.1. The first-order valence-corrected chi connectivity index (χ1v) is 7.52. The van der Waals surface area contributed by atoms with Gasteiger partial charge >= 0.3 is 0 Å². The molecule has 0 spiro atoms. The van der Waals surface area contributed by atoms with Crippen molar-refractivity contribution in [3.8, 4) is 0 Å². The van der Waals surface area contributed by atoms with E-state index in [0.29, 0.717) is 18.8 Å². The summed E-state index contributed by atoms with van der Waals surface area (Å²) in [6.45, 7) is 7.62. The molecule has 1 aliphatic rings. The summed E-state index contributed by atoms with van der Waals surface area (Å²) in [7, 11) is 0. The van der Waals surface area contributed by atoms with Crippen LogP contribution in [-0.2, 0) is 20.8 Å². The lowest BCUT2D eigenvalue weighted by Crippen LogP contribution is -2.27. The van der Waals surface area contributed by atoms with Crippen LogP contribution in [0, 0.1) is 5.41 Å². The van der Waals surface area contributed by atoms with E-state index in [9.17, 15) is 4.79 Å². The van der Waals surface area contributed by atoms with Crippen molar-refractivity contribution >= 4 is 11.6 Å². The average molecular weight is 295 g/mol. The first-order chi connectivity index (χ1) is 9.95. The van der Waals surface area contributed by atoms with Crippen molar-refractivity contribution in [3.05, 3.63) is 12.4 Å². The van der Waals surface area contributed by atoms with Crippen LogP contribution < -0.4 is 5.32 Å². The highest BCUT2D eigenvalue weighted by molar-refractivity contribution is 5.94. The Bertz CT molecular complexity index is 459. The summed E-state index contributed by atoms with van der Waals surface area (Å²) in [6, 6.07) is 0. The molecule has 1 aliphatic heterocycles. The molecule has 1 amide bonds. The fourth-order valence-corrected chi connectivity index (χ4v) is 1.99. The number of carbonyl (C=O) groups is 1. The summed E-state index contributed by atoms with van der Waals surface area (Å²) in [4.78, 5) is 11.9. The van der Waals surface area contributed by atoms with Crippen molar-refractivity contribution in [2.75, 3.05) is 18.5 Å². The predicted octanol–water partition coefficient (Wildman–Crippen LogP) is 2.41. The highest BCUT2D eigenvalue weighted by atomic mass is 16.7. The van der Waals surface area contributed by atoms with Crippen molar-refractivity contribution in [1.82, 2.24) is 9.78 Å². The first-order valence-electron chi connectivity index (χ1n) is 7.52. The van der Waals surface area contributed by atoms with Gasteiger partial charge in [0.25, 0.3) is 0 Å². The number of anilines is 1. The molecule has 0 unspecified atom stereocenters. The van der Waals surface area contributed by atoms with Crippen molar-refractivity contribution in [2.45, 2.75) is 52.9 Å². The molecule has 6 heteroatoms. The van der Waals surface area contributed by atoms with Crippen LogP contribution in [0.4, 0.5) is 5.69 Å². The molecule has 0 saturated carbocycles. The van der Waals surface area contributed by atoms with Crippen LogP contribution >= 0.6 is 0 Å². The van der Waals surface area contributed by atoms with Crippen LogP contribution in [0.1, 0.15) is 40.0 Å². The third kappa shape index (κ3) is 5.13. The van der Waals surface area contributed by atoms with E-state index in [0.717, 1.165) is 25.9 Å². The number of ether oxygens (including phenoxy) is 2. The normalized spacial score (nSPS) is 19.5. The smallest absolute Gasteiger partial charge is 0.229 e. The molecule has 0 aliphatic carbocycles. The number of nitrogens with one attached hydrogen (secondary N) is 1. The average Bonchev–Trinajstić information content (AvgIpc) is 2.86. The predicted molar refractivity (Wildman–Crippen MR) is 79.9 cm³/mol. The zero-order chi connectivity index (χ0) is 15.3. The Morgan fingerprint density at radius 2 is 2.33 bits per heavy atom. The third-order valence-electron chi connectivity index (χ3n) is 3.33. The molecule has 1 aromatic rings. The molecule has 6 nitrogen and oxygen atoms in total. The Morgan fingerprint density at radius 3 is 3.00 bits per heavy atom. The van der Waals surface area contributed by atoms with E-state index in [2.05, 4.69) is 10.4 Å². The molecule has 21 heavy (non-hydrogen) atoms. The van der Waals surface area contributed by atoms with Gasteiger partial charge in [0.1, 0.15) is 0 Å². The topological polar surface area (TPSA) is 65.4 Å². The van der Waals surface area contributed by atoms with Crippen LogP contribution in [0.25, 0.3) is 0 Å². The van der Waals surface area contributed by atoms with E-state index in [1.165, 1.54) is 0 Å². The standard InChI is InChI=1S/C15H25N3O3/c1-15(2,3)14(19)17-12-10-16-18(11-12)7-9-21-13-6-4-5-8-20-13/h10-11,13H,4-9H2,1-3H3,(H,17,19)/t13-/m0/s1. The second-order valence-corrected chi connectivity index (χ2v) is 6.36. The van der Waals surface area contributed by atoms with Crippen LogP contribution in [0.2, 0.25) is 0 Å². The number of rotatable bonds is 5. The minimum Gasteiger partial charge on any atom is -0.353 e. The van der Waals surface area contributed by atoms with Crippen molar-refractivity contribution < 1.29 is 14.3 Å². The molecule has 2 rings (SSSR count). The largest absolute Gasteiger partial charge is 0.353 e. The third-order valence-corrected chi connectivity index (χ3v) is 3.33. The molecule has 2 heterocycles. The van der Waals surface area contributed by atoms with Gasteiger partial charge in [0.2, 0.25) is 5.91 Å². The second kappa shape index (κ2) is 7.04. The molecule has 0 radical (unpaired) electrons. The Kier molecular flexibility index (Phi) is 5.36. The zero-order valence-corrected chi connectivity index (χ0v) is 13.1. The van der Waals surface area contributed by atoms with Crippen LogP contribution in [0.3, 0.4) is 0 Å². The van der Waals surface area contributed by atoms with Gasteiger partial charge in [0.05, 0.1) is 25.0 Å². The van der Waals surface area contributed by atoms with Crippen LogP contribution in [-0.4, -0.2) is 35.2 Å². The van der Waals surface area contributed by atoms with E-state index in [1.54, 1.807) is 10.9 Å². The summed E-state index contributed by atoms with van der Waals surface area (Å²) in [5.74, 6) is -0.0195. The minimum absolute atomic E-state index is 0.0195. The molecular formula is C15H25N3O3. The fraction of sp³-hybridized carbons (Fsp3) is 0.733. The number of hydrogen-bond acceptors (Lipinski definition) is 4. The lowest BCUT2D eigenvalue weighted by atomic mass is 9.96. The number of nitrogens with zero attached hydrogens (tertiary/aromatic N) is 2. The Balaban J connectivity index is 1.74. The van der Waals surface area contributed by atoms with Gasteiger partial charge in [-0.1, -0.05) is 20.8 Å². The molecule has 118 valence electrons. The van der Waals surface area contributed by atoms with Crippen molar-refractivity contribution in [3.63, 3.8) is 0 Å². The number of amides is 1. The molecule has 1 fully saturated rings. The van der Waals surface area contributed by atoms with E-state index in [4.69, 9.17) is 9.47 Å². The molecular weight excluding hydrogens is 270 g/mol. The van der Waals surface area contributed by atoms with E-state index >= 15 is 0 Å². The van der Waals surface area contributed by atoms with Gasteiger partial charge in [0, 0.05) is 18.2 Å². The molecule has 0 aromatic carbocycles. The maximum absolute atomic E-state index is 11.9. The summed E-state index contributed by atoms with van der Waals surface area (Å²) < 4.78 is 12.9. The minimum atomic E-state index is -0.413. The number of aromatic nitrogens is 2. The fourth-order valence-electron chi connectivity index (χ4n) is 1.99. The maximum Gasteiger partial charge on any atom is 0.229 e. The van der Waals surface area contributed by atoms with E-state index in [-0.39, 0.29) is 12.2 Å². The SMILES string of the molecule is CC(C)(C)C(=O)Nc1cnn(CCO[C@H]2CCCCO2)c1. The van der Waals surface area contributed by atoms with Gasteiger partial charge in [0.15, 0.2) is 6.29 Å². The van der Waals surface area contributed by atoms with Gasteiger partial charge in [-0.25, -0.2) is 0 Å². The quantitative estimate of drug-likeness (QED) is 0.906. The van der Waals surface area contributed by atoms with Crippen LogP contribution in [0.15, 0.2) is 12.4 Å². The van der Waals surface area contributed by atoms with E-state index < -0.39 is 5.41 Å². The van der Waals surface area contributed by atoms with Crippen LogP contribution in [0.5, 0.6) is 0 Å². The van der Waals surface area contributed by atoms with Crippen molar-refractivity contribution in [2.24, 2.45) is 5.41 Å². The second-order valence-electron chi connectivity index (χ2n) is 6.36. The van der Waals surface area contributed by atoms with Crippen molar-refractivity contribution in [1.29, 1.82) is 0 Å². The van der Waals surface area contributed by atoms with Gasteiger partial charge in [-0.2, -0.15) is 5.10 Å². The Morgan fingerprint density at radius 1 is 1.52 bits per heavy atom. The molecule has 1 aromatic heterocycles. The molecule has 1 atom stereocenters. The molecule has 1 N–H and O–H groups in total. The number of carbonyl (C=O) groups excluding carboxylic acids is 1. The van der Waals surface area contributed by atoms with Gasteiger partial charge < -0.3 is 14.8 Å². The van der Waals surface area contributed by atoms with Gasteiger partial charge in [-0.3, -0.25) is 9.48 Å². The highest BCUT2D eigenvalue weighted by Gasteiger charge is 2.21. The Labute approximate surface area is 125 Å². The van der Waals surface area contributed by atoms with Gasteiger partial charge in [-0.05, 0) is 19.3 Å². The molecule has 1 saturated heterocycles. The molecule has 0 bridgehead atoms. The summed E-state index contributed by atoms with van der Waals surface area (Å²) >= 11 is 0. The van der Waals surface area contributed by atoms with E-state index in [1.807, 2.05) is 27.0 Å². The summed E-state index contributed by atoms with van der Waals surface area (Å²) in [5.41, 5.74) is 0.299. The number of hydrogen-bond donors (Lipinski definition) is 1. The highest BCUT2D eigenvalue weighted by Crippen LogP contribution is 2.17. The van der Waals surface area contributed by atoms with Gasteiger partial charge in [-0.15, -0.1) is 0 Å². The lowest BCUT2D eigenvalue weighted by molar-refractivity contribution is -0.163.